The highest BCUT2D eigenvalue weighted by atomic mass is 16.3. The van der Waals surface area contributed by atoms with Crippen LogP contribution < -0.4 is 4.90 Å². The second-order valence-corrected chi connectivity index (χ2v) is 8.83. The molecular formula is C28H26N2O3. The number of rotatable bonds is 3. The highest BCUT2D eigenvalue weighted by molar-refractivity contribution is 6.51. The number of carbonyl (C=O) groups excluding carboxylic acids is 2. The Hall–Kier alpha value is -3.73. The largest absolute Gasteiger partial charge is 0.507 e. The first-order valence-electron chi connectivity index (χ1n) is 11.4. The molecule has 2 aromatic carbocycles. The Labute approximate surface area is 193 Å². The number of aliphatic hydroxyl groups is 1. The average molecular weight is 439 g/mol. The number of fused-ring (bicyclic) bond motifs is 1. The van der Waals surface area contributed by atoms with Gasteiger partial charge in [-0.2, -0.15) is 0 Å². The molecule has 0 radical (unpaired) electrons. The lowest BCUT2D eigenvalue weighted by molar-refractivity contribution is -0.132. The predicted molar refractivity (Wildman–Crippen MR) is 128 cm³/mol. The lowest BCUT2D eigenvalue weighted by Crippen LogP contribution is -2.30. The average Bonchev–Trinajstić information content (AvgIpc) is 3.11. The number of pyridine rings is 1. The number of hydrogen-bond donors (Lipinski definition) is 1. The van der Waals surface area contributed by atoms with Gasteiger partial charge in [0.25, 0.3) is 11.7 Å². The molecule has 0 spiro atoms. The molecule has 1 atom stereocenters. The van der Waals surface area contributed by atoms with Gasteiger partial charge in [0.05, 0.1) is 11.3 Å². The number of hydrogen-bond acceptors (Lipinski definition) is 4. The topological polar surface area (TPSA) is 70.5 Å². The van der Waals surface area contributed by atoms with E-state index in [2.05, 4.69) is 4.98 Å². The van der Waals surface area contributed by atoms with Gasteiger partial charge in [-0.25, -0.2) is 0 Å². The van der Waals surface area contributed by atoms with Crippen molar-refractivity contribution in [2.45, 2.75) is 45.6 Å². The second-order valence-electron chi connectivity index (χ2n) is 8.83. The van der Waals surface area contributed by atoms with Crippen molar-refractivity contribution in [3.8, 4) is 0 Å². The van der Waals surface area contributed by atoms with E-state index in [-0.39, 0.29) is 11.3 Å². The molecule has 33 heavy (non-hydrogen) atoms. The Morgan fingerprint density at radius 2 is 1.76 bits per heavy atom. The van der Waals surface area contributed by atoms with E-state index in [4.69, 9.17) is 0 Å². The zero-order valence-corrected chi connectivity index (χ0v) is 18.8. The van der Waals surface area contributed by atoms with E-state index in [0.717, 1.165) is 30.4 Å². The van der Waals surface area contributed by atoms with Crippen LogP contribution in [0, 0.1) is 13.8 Å². The Morgan fingerprint density at radius 3 is 2.52 bits per heavy atom. The fraction of sp³-hybridized carbons (Fsp3) is 0.250. The van der Waals surface area contributed by atoms with Crippen LogP contribution in [0.3, 0.4) is 0 Å². The Morgan fingerprint density at radius 1 is 0.970 bits per heavy atom. The number of Topliss-reactive ketones (excluding diaryl/α,β-unsaturated/α-hetero) is 1. The number of amides is 1. The summed E-state index contributed by atoms with van der Waals surface area (Å²) in [5, 5.41) is 11.4. The molecule has 2 aliphatic rings. The van der Waals surface area contributed by atoms with Crippen molar-refractivity contribution in [3.63, 3.8) is 0 Å². The van der Waals surface area contributed by atoms with Gasteiger partial charge < -0.3 is 5.11 Å². The van der Waals surface area contributed by atoms with Gasteiger partial charge in [0.15, 0.2) is 0 Å². The standard InChI is InChI=1S/C28H26N2O3/c1-17-8-7-12-23(18(17)2)30-25(22-11-5-6-15-29-22)24(27(32)28(30)33)26(31)21-14-13-19-9-3-4-10-20(19)16-21/h5-8,11-16,25,31H,3-4,9-10H2,1-2H3/b26-24-. The minimum atomic E-state index is -0.803. The second kappa shape index (κ2) is 8.32. The number of aromatic nitrogens is 1. The Bertz CT molecular complexity index is 1290. The number of anilines is 1. The van der Waals surface area contributed by atoms with Gasteiger partial charge in [-0.15, -0.1) is 0 Å². The number of carbonyl (C=O) groups is 2. The van der Waals surface area contributed by atoms with Crippen LogP contribution in [-0.2, 0) is 22.4 Å². The number of ketones is 1. The SMILES string of the molecule is Cc1cccc(N2C(=O)C(=O)/C(=C(\O)c3ccc4c(c3)CCCC4)C2c2ccccn2)c1C. The van der Waals surface area contributed by atoms with Crippen LogP contribution in [0.25, 0.3) is 5.76 Å². The summed E-state index contributed by atoms with van der Waals surface area (Å²) in [5.41, 5.74) is 6.25. The maximum atomic E-state index is 13.3. The molecule has 5 rings (SSSR count). The van der Waals surface area contributed by atoms with Crippen molar-refractivity contribution in [2.24, 2.45) is 0 Å². The predicted octanol–water partition coefficient (Wildman–Crippen LogP) is 5.20. The van der Waals surface area contributed by atoms with Crippen LogP contribution in [0.2, 0.25) is 0 Å². The summed E-state index contributed by atoms with van der Waals surface area (Å²) in [7, 11) is 0. The number of aryl methyl sites for hydroxylation is 3. The van der Waals surface area contributed by atoms with Crippen LogP contribution >= 0.6 is 0 Å². The van der Waals surface area contributed by atoms with Gasteiger partial charge in [0.2, 0.25) is 0 Å². The van der Waals surface area contributed by atoms with E-state index >= 15 is 0 Å². The molecule has 0 bridgehead atoms. The fourth-order valence-corrected chi connectivity index (χ4v) is 4.93. The summed E-state index contributed by atoms with van der Waals surface area (Å²) in [4.78, 5) is 32.6. The monoisotopic (exact) mass is 438 g/mol. The summed E-state index contributed by atoms with van der Waals surface area (Å²) >= 11 is 0. The van der Waals surface area contributed by atoms with Crippen LogP contribution in [-0.4, -0.2) is 21.8 Å². The molecule has 5 heteroatoms. The molecule has 1 unspecified atom stereocenters. The summed E-state index contributed by atoms with van der Waals surface area (Å²) in [6.45, 7) is 3.90. The molecule has 2 heterocycles. The van der Waals surface area contributed by atoms with Gasteiger partial charge in [-0.3, -0.25) is 19.5 Å². The third kappa shape index (κ3) is 3.54. The molecular weight excluding hydrogens is 412 g/mol. The summed E-state index contributed by atoms with van der Waals surface area (Å²) in [5.74, 6) is -1.49. The van der Waals surface area contributed by atoms with Crippen LogP contribution in [0.15, 0.2) is 66.4 Å². The molecule has 5 nitrogen and oxygen atoms in total. The molecule has 1 saturated heterocycles. The van der Waals surface area contributed by atoms with Crippen LogP contribution in [0.4, 0.5) is 5.69 Å². The van der Waals surface area contributed by atoms with E-state index in [1.807, 2.05) is 56.3 Å². The van der Waals surface area contributed by atoms with Crippen LogP contribution in [0.1, 0.15) is 52.4 Å². The zero-order chi connectivity index (χ0) is 23.1. The molecule has 1 fully saturated rings. The van der Waals surface area contributed by atoms with Crippen molar-refractivity contribution in [1.82, 2.24) is 4.98 Å². The summed E-state index contributed by atoms with van der Waals surface area (Å²) < 4.78 is 0. The minimum Gasteiger partial charge on any atom is -0.507 e. The van der Waals surface area contributed by atoms with Crippen LogP contribution in [0.5, 0.6) is 0 Å². The smallest absolute Gasteiger partial charge is 0.300 e. The first-order valence-corrected chi connectivity index (χ1v) is 11.4. The number of aliphatic hydroxyl groups excluding tert-OH is 1. The third-order valence-electron chi connectivity index (χ3n) is 6.87. The third-order valence-corrected chi connectivity index (χ3v) is 6.87. The van der Waals surface area contributed by atoms with Crippen molar-refractivity contribution in [3.05, 3.63) is 99.9 Å². The molecule has 3 aromatic rings. The molecule has 1 N–H and O–H groups in total. The fourth-order valence-electron chi connectivity index (χ4n) is 4.93. The highest BCUT2D eigenvalue weighted by Crippen LogP contribution is 2.43. The van der Waals surface area contributed by atoms with Gasteiger partial charge in [-0.1, -0.05) is 30.3 Å². The quantitative estimate of drug-likeness (QED) is 0.346. The lowest BCUT2D eigenvalue weighted by atomic mass is 9.89. The number of nitrogens with zero attached hydrogens (tertiary/aromatic N) is 2. The zero-order valence-electron chi connectivity index (χ0n) is 18.8. The maximum Gasteiger partial charge on any atom is 0.300 e. The molecule has 1 aliphatic heterocycles. The highest BCUT2D eigenvalue weighted by Gasteiger charge is 2.48. The van der Waals surface area contributed by atoms with Crippen molar-refractivity contribution in [2.75, 3.05) is 4.90 Å². The van der Waals surface area contributed by atoms with E-state index in [1.54, 1.807) is 18.3 Å². The number of benzene rings is 2. The normalized spacial score (nSPS) is 19.6. The first-order chi connectivity index (χ1) is 16.0. The van der Waals surface area contributed by atoms with Crippen molar-refractivity contribution in [1.29, 1.82) is 0 Å². The molecule has 1 aliphatic carbocycles. The Balaban J connectivity index is 1.71. The van der Waals surface area contributed by atoms with E-state index in [1.165, 1.54) is 22.4 Å². The lowest BCUT2D eigenvalue weighted by Gasteiger charge is -2.26. The first kappa shape index (κ1) is 21.1. The van der Waals surface area contributed by atoms with Crippen molar-refractivity contribution < 1.29 is 14.7 Å². The van der Waals surface area contributed by atoms with Gasteiger partial charge >= 0.3 is 0 Å². The molecule has 0 saturated carbocycles. The molecule has 166 valence electrons. The van der Waals surface area contributed by atoms with E-state index < -0.39 is 17.7 Å². The maximum absolute atomic E-state index is 13.3. The summed E-state index contributed by atoms with van der Waals surface area (Å²) in [6.07, 6.45) is 5.90. The van der Waals surface area contributed by atoms with Gasteiger partial charge in [0, 0.05) is 17.4 Å². The van der Waals surface area contributed by atoms with Crippen molar-refractivity contribution >= 4 is 23.1 Å². The van der Waals surface area contributed by atoms with E-state index in [9.17, 15) is 14.7 Å². The summed E-state index contributed by atoms with van der Waals surface area (Å²) in [6, 6.07) is 16.1. The van der Waals surface area contributed by atoms with Gasteiger partial charge in [0.1, 0.15) is 11.8 Å². The Kier molecular flexibility index (Phi) is 5.33. The van der Waals surface area contributed by atoms with E-state index in [0.29, 0.717) is 16.9 Å². The minimum absolute atomic E-state index is 0.0790. The molecule has 1 aromatic heterocycles. The van der Waals surface area contributed by atoms with Gasteiger partial charge in [-0.05, 0) is 86.1 Å². The molecule has 1 amide bonds.